The highest BCUT2D eigenvalue weighted by molar-refractivity contribution is 7.10. The van der Waals surface area contributed by atoms with Gasteiger partial charge >= 0.3 is 6.03 Å². The van der Waals surface area contributed by atoms with E-state index >= 15 is 0 Å². The number of carbonyl (C=O) groups is 1. The molecule has 6 nitrogen and oxygen atoms in total. The molecule has 3 N–H and O–H groups in total. The lowest BCUT2D eigenvalue weighted by atomic mass is 10.1. The van der Waals surface area contributed by atoms with Crippen LogP contribution in [0.1, 0.15) is 23.6 Å². The van der Waals surface area contributed by atoms with Crippen molar-refractivity contribution in [2.75, 3.05) is 20.3 Å². The van der Waals surface area contributed by atoms with Gasteiger partial charge in [-0.2, -0.15) is 0 Å². The summed E-state index contributed by atoms with van der Waals surface area (Å²) in [4.78, 5) is 12.8. The molecule has 120 valence electrons. The van der Waals surface area contributed by atoms with Gasteiger partial charge in [0.2, 0.25) is 0 Å². The Morgan fingerprint density at radius 2 is 2.32 bits per heavy atom. The van der Waals surface area contributed by atoms with E-state index in [0.717, 1.165) is 4.88 Å². The fourth-order valence-corrected chi connectivity index (χ4v) is 2.77. The lowest BCUT2D eigenvalue weighted by molar-refractivity contribution is 0.0627. The average molecular weight is 324 g/mol. The number of methoxy groups -OCH3 is 1. The smallest absolute Gasteiger partial charge is 0.315 e. The Labute approximate surface area is 133 Å². The number of hydrogen-bond acceptors (Lipinski definition) is 5. The summed E-state index contributed by atoms with van der Waals surface area (Å²) >= 11 is 1.44. The Bertz CT molecular complexity index is 566. The molecule has 0 aliphatic heterocycles. The summed E-state index contributed by atoms with van der Waals surface area (Å²) in [5.41, 5.74) is -1.10. The van der Waals surface area contributed by atoms with Gasteiger partial charge in [0.05, 0.1) is 19.4 Å². The zero-order chi connectivity index (χ0) is 16.0. The minimum atomic E-state index is -1.10. The first-order chi connectivity index (χ1) is 10.5. The third kappa shape index (κ3) is 4.33. The molecule has 2 aromatic heterocycles. The molecular weight excluding hydrogens is 304 g/mol. The number of ether oxygens (including phenoxy) is 1. The van der Waals surface area contributed by atoms with E-state index in [4.69, 9.17) is 9.15 Å². The summed E-state index contributed by atoms with van der Waals surface area (Å²) in [7, 11) is 1.55. The van der Waals surface area contributed by atoms with E-state index in [9.17, 15) is 9.90 Å². The van der Waals surface area contributed by atoms with Crippen LogP contribution in [0.15, 0.2) is 40.3 Å². The summed E-state index contributed by atoms with van der Waals surface area (Å²) in [5.74, 6) is 0.613. The number of amides is 2. The van der Waals surface area contributed by atoms with Crippen LogP contribution in [0.3, 0.4) is 0 Å². The number of thiophene rings is 1. The summed E-state index contributed by atoms with van der Waals surface area (Å²) < 4.78 is 10.4. The molecule has 2 unspecified atom stereocenters. The van der Waals surface area contributed by atoms with Crippen molar-refractivity contribution in [3.8, 4) is 0 Å². The molecule has 0 radical (unpaired) electrons. The van der Waals surface area contributed by atoms with Crippen molar-refractivity contribution in [2.45, 2.75) is 18.6 Å². The average Bonchev–Trinajstić information content (AvgIpc) is 3.17. The predicted octanol–water partition coefficient (Wildman–Crippen LogP) is 2.24. The second-order valence-electron chi connectivity index (χ2n) is 5.10. The molecule has 0 saturated heterocycles. The largest absolute Gasteiger partial charge is 0.467 e. The number of nitrogens with one attached hydrogen (secondary N) is 2. The third-order valence-electron chi connectivity index (χ3n) is 3.17. The topological polar surface area (TPSA) is 83.7 Å². The normalized spacial score (nSPS) is 15.0. The molecule has 22 heavy (non-hydrogen) atoms. The molecule has 2 aromatic rings. The fraction of sp³-hybridized carbons (Fsp3) is 0.400. The molecule has 0 bridgehead atoms. The van der Waals surface area contributed by atoms with Crippen LogP contribution >= 0.6 is 11.3 Å². The summed E-state index contributed by atoms with van der Waals surface area (Å²) in [6.45, 7) is 2.07. The maximum Gasteiger partial charge on any atom is 0.315 e. The monoisotopic (exact) mass is 324 g/mol. The van der Waals surface area contributed by atoms with Gasteiger partial charge in [-0.1, -0.05) is 6.07 Å². The lowest BCUT2D eigenvalue weighted by Gasteiger charge is -2.23. The molecular formula is C15H20N2O4S. The maximum atomic E-state index is 12.0. The minimum absolute atomic E-state index is 0.108. The first-order valence-electron chi connectivity index (χ1n) is 6.86. The Morgan fingerprint density at radius 3 is 2.91 bits per heavy atom. The standard InChI is InChI=1S/C15H20N2O4S/c1-15(19,13-6-4-8-22-13)10-16-14(18)17-11(9-20-2)12-5-3-7-21-12/h3-8,11,19H,9-10H2,1-2H3,(H2,16,17,18). The van der Waals surface area contributed by atoms with Gasteiger partial charge in [-0.15, -0.1) is 11.3 Å². The maximum absolute atomic E-state index is 12.0. The van der Waals surface area contributed by atoms with E-state index in [1.54, 1.807) is 32.4 Å². The number of carbonyl (C=O) groups excluding carboxylic acids is 1. The van der Waals surface area contributed by atoms with Crippen LogP contribution in [-0.2, 0) is 10.3 Å². The molecule has 0 aliphatic carbocycles. The van der Waals surface area contributed by atoms with Gasteiger partial charge in [-0.3, -0.25) is 0 Å². The van der Waals surface area contributed by atoms with E-state index in [2.05, 4.69) is 10.6 Å². The Hall–Kier alpha value is -1.83. The van der Waals surface area contributed by atoms with E-state index < -0.39 is 11.6 Å². The van der Waals surface area contributed by atoms with E-state index in [0.29, 0.717) is 12.4 Å². The van der Waals surface area contributed by atoms with Crippen molar-refractivity contribution >= 4 is 17.4 Å². The van der Waals surface area contributed by atoms with E-state index in [-0.39, 0.29) is 12.6 Å². The summed E-state index contributed by atoms with van der Waals surface area (Å²) in [6.07, 6.45) is 1.54. The van der Waals surface area contributed by atoms with Crippen LogP contribution < -0.4 is 10.6 Å². The summed E-state index contributed by atoms with van der Waals surface area (Å²) in [5, 5.41) is 17.7. The highest BCUT2D eigenvalue weighted by Crippen LogP contribution is 2.24. The molecule has 0 fully saturated rings. The number of urea groups is 1. The van der Waals surface area contributed by atoms with Crippen molar-refractivity contribution in [3.05, 3.63) is 46.5 Å². The predicted molar refractivity (Wildman–Crippen MR) is 83.7 cm³/mol. The quantitative estimate of drug-likeness (QED) is 0.729. The van der Waals surface area contributed by atoms with Crippen LogP contribution in [0.2, 0.25) is 0 Å². The van der Waals surface area contributed by atoms with Gasteiger partial charge in [-0.05, 0) is 30.5 Å². The van der Waals surface area contributed by atoms with Crippen molar-refractivity contribution < 1.29 is 19.1 Å². The molecule has 2 rings (SSSR count). The highest BCUT2D eigenvalue weighted by Gasteiger charge is 2.25. The van der Waals surface area contributed by atoms with Crippen LogP contribution in [0.25, 0.3) is 0 Å². The van der Waals surface area contributed by atoms with Crippen molar-refractivity contribution in [2.24, 2.45) is 0 Å². The number of furan rings is 1. The van der Waals surface area contributed by atoms with Crippen molar-refractivity contribution in [1.82, 2.24) is 10.6 Å². The van der Waals surface area contributed by atoms with E-state index in [1.807, 2.05) is 17.5 Å². The molecule has 2 heterocycles. The first-order valence-corrected chi connectivity index (χ1v) is 7.74. The molecule has 2 atom stereocenters. The Kier molecular flexibility index (Phi) is 5.59. The second kappa shape index (κ2) is 7.44. The molecule has 0 saturated carbocycles. The number of aliphatic hydroxyl groups is 1. The Balaban J connectivity index is 1.89. The number of rotatable bonds is 7. The summed E-state index contributed by atoms with van der Waals surface area (Å²) in [6, 6.07) is 6.44. The highest BCUT2D eigenvalue weighted by atomic mass is 32.1. The van der Waals surface area contributed by atoms with Gasteiger partial charge in [0.25, 0.3) is 0 Å². The molecule has 2 amide bonds. The first kappa shape index (κ1) is 16.5. The van der Waals surface area contributed by atoms with Crippen LogP contribution in [-0.4, -0.2) is 31.4 Å². The number of hydrogen-bond donors (Lipinski definition) is 3. The van der Waals surface area contributed by atoms with Gasteiger partial charge < -0.3 is 24.9 Å². The zero-order valence-electron chi connectivity index (χ0n) is 12.5. The van der Waals surface area contributed by atoms with Gasteiger partial charge in [0, 0.05) is 12.0 Å². The fourth-order valence-electron chi connectivity index (χ4n) is 1.98. The van der Waals surface area contributed by atoms with E-state index in [1.165, 1.54) is 11.3 Å². The van der Waals surface area contributed by atoms with Crippen molar-refractivity contribution in [1.29, 1.82) is 0 Å². The molecule has 0 spiro atoms. The van der Waals surface area contributed by atoms with Gasteiger partial charge in [0.1, 0.15) is 17.4 Å². The SMILES string of the molecule is COCC(NC(=O)NCC(C)(O)c1cccs1)c1ccco1. The van der Waals surface area contributed by atoms with Crippen LogP contribution in [0.4, 0.5) is 4.79 Å². The zero-order valence-corrected chi connectivity index (χ0v) is 13.4. The van der Waals surface area contributed by atoms with Crippen molar-refractivity contribution in [3.63, 3.8) is 0 Å². The van der Waals surface area contributed by atoms with Gasteiger partial charge in [-0.25, -0.2) is 4.79 Å². The van der Waals surface area contributed by atoms with Crippen LogP contribution in [0, 0.1) is 0 Å². The molecule has 0 aromatic carbocycles. The minimum Gasteiger partial charge on any atom is -0.467 e. The second-order valence-corrected chi connectivity index (χ2v) is 6.05. The molecule has 7 heteroatoms. The lowest BCUT2D eigenvalue weighted by Crippen LogP contribution is -2.45. The van der Waals surface area contributed by atoms with Gasteiger partial charge in [0.15, 0.2) is 0 Å². The molecule has 0 aliphatic rings. The third-order valence-corrected chi connectivity index (χ3v) is 4.29. The Morgan fingerprint density at radius 1 is 1.50 bits per heavy atom. The van der Waals surface area contributed by atoms with Crippen LogP contribution in [0.5, 0.6) is 0 Å².